The van der Waals surface area contributed by atoms with Gasteiger partial charge in [-0.15, -0.1) is 0 Å². The lowest BCUT2D eigenvalue weighted by Gasteiger charge is -2.19. The van der Waals surface area contributed by atoms with E-state index < -0.39 is 0 Å². The minimum Gasteiger partial charge on any atom is -0.385 e. The van der Waals surface area contributed by atoms with E-state index in [0.29, 0.717) is 23.0 Å². The molecule has 108 valence electrons. The summed E-state index contributed by atoms with van der Waals surface area (Å²) in [5.41, 5.74) is 1.95. The van der Waals surface area contributed by atoms with Gasteiger partial charge in [0.2, 0.25) is 0 Å². The van der Waals surface area contributed by atoms with Gasteiger partial charge in [0, 0.05) is 19.3 Å². The van der Waals surface area contributed by atoms with E-state index in [-0.39, 0.29) is 11.8 Å². The van der Waals surface area contributed by atoms with Crippen LogP contribution >= 0.6 is 0 Å². The molecule has 0 saturated heterocycles. The Morgan fingerprint density at radius 2 is 1.95 bits per heavy atom. The van der Waals surface area contributed by atoms with Gasteiger partial charge >= 0.3 is 0 Å². The molecule has 1 fully saturated rings. The largest absolute Gasteiger partial charge is 0.385 e. The average Bonchev–Trinajstić information content (AvgIpc) is 3.17. The van der Waals surface area contributed by atoms with Gasteiger partial charge in [-0.3, -0.25) is 14.5 Å². The van der Waals surface area contributed by atoms with Gasteiger partial charge in [0.25, 0.3) is 11.8 Å². The number of carbonyl (C=O) groups excluding carboxylic acids is 2. The first kappa shape index (κ1) is 12.6. The molecule has 1 aromatic rings. The standard InChI is InChI=1S/C17H18N2O2/c1-19-16(20)14-5-4-13(8-15(14)17(19)21)18-9-12-7-10-2-3-11(12)6-10/h2-5,8,10-12,18H,6-7,9H2,1H3. The maximum atomic E-state index is 12.0. The average molecular weight is 282 g/mol. The first-order chi connectivity index (χ1) is 10.1. The molecule has 3 unspecified atom stereocenters. The van der Waals surface area contributed by atoms with Gasteiger partial charge in [-0.1, -0.05) is 12.2 Å². The highest BCUT2D eigenvalue weighted by molar-refractivity contribution is 6.21. The Kier molecular flexibility index (Phi) is 2.67. The Hall–Kier alpha value is -2.10. The summed E-state index contributed by atoms with van der Waals surface area (Å²) in [4.78, 5) is 25.0. The monoisotopic (exact) mass is 282 g/mol. The van der Waals surface area contributed by atoms with Crippen molar-refractivity contribution < 1.29 is 9.59 Å². The Morgan fingerprint density at radius 1 is 1.14 bits per heavy atom. The molecule has 1 N–H and O–H groups in total. The molecule has 2 bridgehead atoms. The third kappa shape index (κ3) is 1.89. The van der Waals surface area contributed by atoms with Gasteiger partial charge in [-0.25, -0.2) is 0 Å². The summed E-state index contributed by atoms with van der Waals surface area (Å²) in [6, 6.07) is 5.45. The van der Waals surface area contributed by atoms with Crippen LogP contribution in [-0.4, -0.2) is 30.3 Å². The number of benzene rings is 1. The summed E-state index contributed by atoms with van der Waals surface area (Å²) in [7, 11) is 1.53. The number of nitrogens with one attached hydrogen (secondary N) is 1. The minimum atomic E-state index is -0.209. The van der Waals surface area contributed by atoms with E-state index in [9.17, 15) is 9.59 Å². The fraction of sp³-hybridized carbons (Fsp3) is 0.412. The van der Waals surface area contributed by atoms with E-state index in [2.05, 4.69) is 17.5 Å². The number of hydrogen-bond acceptors (Lipinski definition) is 3. The number of imide groups is 1. The predicted octanol–water partition coefficient (Wildman–Crippen LogP) is 2.54. The van der Waals surface area contributed by atoms with E-state index in [1.807, 2.05) is 12.1 Å². The summed E-state index contributed by atoms with van der Waals surface area (Å²) in [6.07, 6.45) is 7.25. The fourth-order valence-electron chi connectivity index (χ4n) is 3.85. The highest BCUT2D eigenvalue weighted by Gasteiger charge is 2.35. The molecule has 0 radical (unpaired) electrons. The van der Waals surface area contributed by atoms with Crippen molar-refractivity contribution in [2.24, 2.45) is 17.8 Å². The molecular formula is C17H18N2O2. The van der Waals surface area contributed by atoms with Crippen LogP contribution in [0.1, 0.15) is 33.6 Å². The van der Waals surface area contributed by atoms with Crippen LogP contribution in [0.15, 0.2) is 30.4 Å². The second kappa shape index (κ2) is 4.45. The van der Waals surface area contributed by atoms with E-state index >= 15 is 0 Å². The van der Waals surface area contributed by atoms with Gasteiger partial charge in [-0.2, -0.15) is 0 Å². The quantitative estimate of drug-likeness (QED) is 0.684. The number of fused-ring (bicyclic) bond motifs is 3. The van der Waals surface area contributed by atoms with E-state index in [4.69, 9.17) is 0 Å². The highest BCUT2D eigenvalue weighted by Crippen LogP contribution is 2.43. The lowest BCUT2D eigenvalue weighted by Crippen LogP contribution is -2.24. The third-order valence-corrected chi connectivity index (χ3v) is 5.07. The molecule has 1 aliphatic heterocycles. The van der Waals surface area contributed by atoms with E-state index in [0.717, 1.165) is 18.2 Å². The molecule has 4 rings (SSSR count). The molecular weight excluding hydrogens is 264 g/mol. The van der Waals surface area contributed by atoms with Gasteiger partial charge in [-0.05, 0) is 48.8 Å². The summed E-state index contributed by atoms with van der Waals surface area (Å²) >= 11 is 0. The smallest absolute Gasteiger partial charge is 0.261 e. The molecule has 3 aliphatic rings. The number of anilines is 1. The second-order valence-electron chi connectivity index (χ2n) is 6.35. The molecule has 0 spiro atoms. The number of nitrogens with zero attached hydrogens (tertiary/aromatic N) is 1. The van der Waals surface area contributed by atoms with Crippen molar-refractivity contribution >= 4 is 17.5 Å². The molecule has 1 aromatic carbocycles. The summed E-state index contributed by atoms with van der Waals surface area (Å²) in [5, 5.41) is 3.44. The van der Waals surface area contributed by atoms with Crippen molar-refractivity contribution in [2.45, 2.75) is 12.8 Å². The van der Waals surface area contributed by atoms with E-state index in [1.165, 1.54) is 24.8 Å². The molecule has 4 heteroatoms. The molecule has 2 amide bonds. The van der Waals surface area contributed by atoms with Crippen molar-refractivity contribution in [3.8, 4) is 0 Å². The predicted molar refractivity (Wildman–Crippen MR) is 80.2 cm³/mol. The summed E-state index contributed by atoms with van der Waals surface area (Å²) < 4.78 is 0. The Morgan fingerprint density at radius 3 is 2.67 bits per heavy atom. The Bertz CT molecular complexity index is 665. The zero-order chi connectivity index (χ0) is 14.6. The number of allylic oxidation sites excluding steroid dienone is 2. The first-order valence-electron chi connectivity index (χ1n) is 7.52. The first-order valence-corrected chi connectivity index (χ1v) is 7.52. The topological polar surface area (TPSA) is 49.4 Å². The zero-order valence-corrected chi connectivity index (χ0v) is 12.0. The van der Waals surface area contributed by atoms with Crippen LogP contribution in [0.4, 0.5) is 5.69 Å². The fourth-order valence-corrected chi connectivity index (χ4v) is 3.85. The minimum absolute atomic E-state index is 0.207. The maximum absolute atomic E-state index is 12.0. The van der Waals surface area contributed by atoms with Crippen molar-refractivity contribution in [1.82, 2.24) is 4.90 Å². The molecule has 4 nitrogen and oxygen atoms in total. The maximum Gasteiger partial charge on any atom is 0.261 e. The van der Waals surface area contributed by atoms with Crippen molar-refractivity contribution in [3.63, 3.8) is 0 Å². The van der Waals surface area contributed by atoms with Crippen LogP contribution in [0.3, 0.4) is 0 Å². The summed E-state index contributed by atoms with van der Waals surface area (Å²) in [5.74, 6) is 1.76. The third-order valence-electron chi connectivity index (χ3n) is 5.07. The Balaban J connectivity index is 1.49. The van der Waals surface area contributed by atoms with Crippen LogP contribution < -0.4 is 5.32 Å². The van der Waals surface area contributed by atoms with Crippen LogP contribution in [0.2, 0.25) is 0 Å². The lowest BCUT2D eigenvalue weighted by atomic mass is 9.93. The van der Waals surface area contributed by atoms with Gasteiger partial charge in [0.1, 0.15) is 0 Å². The zero-order valence-electron chi connectivity index (χ0n) is 12.0. The molecule has 0 aromatic heterocycles. The summed E-state index contributed by atoms with van der Waals surface area (Å²) in [6.45, 7) is 0.933. The van der Waals surface area contributed by atoms with Gasteiger partial charge in [0.05, 0.1) is 11.1 Å². The van der Waals surface area contributed by atoms with Crippen LogP contribution in [0, 0.1) is 17.8 Å². The van der Waals surface area contributed by atoms with Crippen molar-refractivity contribution in [3.05, 3.63) is 41.5 Å². The number of carbonyl (C=O) groups is 2. The van der Waals surface area contributed by atoms with Gasteiger partial charge < -0.3 is 5.32 Å². The van der Waals surface area contributed by atoms with Crippen LogP contribution in [0.5, 0.6) is 0 Å². The highest BCUT2D eigenvalue weighted by atomic mass is 16.2. The normalized spacial score (nSPS) is 29.4. The molecule has 21 heavy (non-hydrogen) atoms. The lowest BCUT2D eigenvalue weighted by molar-refractivity contribution is 0.0693. The SMILES string of the molecule is CN1C(=O)c2ccc(NCC3CC4C=CC3C4)cc2C1=O. The number of rotatable bonds is 3. The molecule has 3 atom stereocenters. The molecule has 1 heterocycles. The van der Waals surface area contributed by atoms with Crippen LogP contribution in [0.25, 0.3) is 0 Å². The number of amides is 2. The van der Waals surface area contributed by atoms with Gasteiger partial charge in [0.15, 0.2) is 0 Å². The number of hydrogen-bond donors (Lipinski definition) is 1. The van der Waals surface area contributed by atoms with Crippen LogP contribution in [-0.2, 0) is 0 Å². The van der Waals surface area contributed by atoms with E-state index in [1.54, 1.807) is 6.07 Å². The molecule has 2 aliphatic carbocycles. The molecule has 1 saturated carbocycles. The second-order valence-corrected chi connectivity index (χ2v) is 6.35. The van der Waals surface area contributed by atoms with Crippen molar-refractivity contribution in [1.29, 1.82) is 0 Å². The van der Waals surface area contributed by atoms with Crippen molar-refractivity contribution in [2.75, 3.05) is 18.9 Å². The Labute approximate surface area is 123 Å².